The molecule has 2 N–H and O–H groups in total. The van der Waals surface area contributed by atoms with Crippen molar-refractivity contribution in [2.75, 3.05) is 13.1 Å². The van der Waals surface area contributed by atoms with E-state index in [1.165, 1.54) is 4.90 Å². The predicted molar refractivity (Wildman–Crippen MR) is 111 cm³/mol. The second kappa shape index (κ2) is 10.8. The fourth-order valence-corrected chi connectivity index (χ4v) is 3.51. The average molecular weight is 421 g/mol. The molecule has 2 atom stereocenters. The third-order valence-corrected chi connectivity index (χ3v) is 4.86. The molecule has 0 heterocycles. The number of rotatable bonds is 7. The summed E-state index contributed by atoms with van der Waals surface area (Å²) in [6.07, 6.45) is 2.25. The third-order valence-electron chi connectivity index (χ3n) is 4.86. The van der Waals surface area contributed by atoms with E-state index in [0.29, 0.717) is 0 Å². The number of carbonyl (C=O) groups excluding carboxylic acids is 2. The van der Waals surface area contributed by atoms with Crippen LogP contribution < -0.4 is 5.32 Å². The molecular weight excluding hydrogens is 388 g/mol. The van der Waals surface area contributed by atoms with Crippen molar-refractivity contribution in [3.63, 3.8) is 0 Å². The topological polar surface area (TPSA) is 105 Å². The maximum Gasteiger partial charge on any atom is 0.410 e. The second-order valence-electron chi connectivity index (χ2n) is 8.61. The molecule has 0 aromatic heterocycles. The molecule has 166 valence electrons. The Hall–Kier alpha value is -2.77. The van der Waals surface area contributed by atoms with Crippen molar-refractivity contribution in [3.8, 4) is 0 Å². The molecule has 1 aromatic carbocycles. The van der Waals surface area contributed by atoms with Crippen LogP contribution in [0.4, 0.5) is 9.59 Å². The van der Waals surface area contributed by atoms with Crippen molar-refractivity contribution in [1.82, 2.24) is 10.2 Å². The van der Waals surface area contributed by atoms with Crippen LogP contribution in [0, 0.1) is 5.92 Å². The highest BCUT2D eigenvalue weighted by atomic mass is 16.6. The molecule has 0 aliphatic heterocycles. The summed E-state index contributed by atoms with van der Waals surface area (Å²) in [5, 5.41) is 12.1. The molecule has 0 spiro atoms. The molecule has 1 aliphatic carbocycles. The number of carbonyl (C=O) groups is 3. The molecule has 0 saturated heterocycles. The minimum Gasteiger partial charge on any atom is -0.480 e. The Morgan fingerprint density at radius 2 is 1.80 bits per heavy atom. The Morgan fingerprint density at radius 1 is 1.13 bits per heavy atom. The number of carboxylic acid groups (broad SMARTS) is 1. The number of carboxylic acids is 1. The Kier molecular flexibility index (Phi) is 8.50. The summed E-state index contributed by atoms with van der Waals surface area (Å²) in [6.45, 7) is 5.13. The smallest absolute Gasteiger partial charge is 0.410 e. The SMILES string of the molecule is CC(C)(C)OC(=O)N(CC(=O)O)C[C@@H]1CCCC[C@@H]1NC(=O)OCc1ccccc1. The lowest BCUT2D eigenvalue weighted by molar-refractivity contribution is -0.138. The maximum absolute atomic E-state index is 12.5. The zero-order chi connectivity index (χ0) is 22.1. The number of ether oxygens (including phenoxy) is 2. The summed E-state index contributed by atoms with van der Waals surface area (Å²) in [5.74, 6) is -1.18. The fraction of sp³-hybridized carbons (Fsp3) is 0.591. The summed E-state index contributed by atoms with van der Waals surface area (Å²) >= 11 is 0. The Bertz CT molecular complexity index is 716. The van der Waals surface area contributed by atoms with Gasteiger partial charge in [0.05, 0.1) is 0 Å². The van der Waals surface area contributed by atoms with Gasteiger partial charge in [0.25, 0.3) is 0 Å². The van der Waals surface area contributed by atoms with Crippen LogP contribution >= 0.6 is 0 Å². The number of aliphatic carboxylic acids is 1. The minimum absolute atomic E-state index is 0.0742. The van der Waals surface area contributed by atoms with E-state index in [1.807, 2.05) is 30.3 Å². The van der Waals surface area contributed by atoms with Gasteiger partial charge in [0.15, 0.2) is 0 Å². The number of amides is 2. The van der Waals surface area contributed by atoms with E-state index < -0.39 is 30.3 Å². The van der Waals surface area contributed by atoms with Gasteiger partial charge in [-0.2, -0.15) is 0 Å². The van der Waals surface area contributed by atoms with Gasteiger partial charge in [-0.3, -0.25) is 9.69 Å². The molecule has 0 bridgehead atoms. The van der Waals surface area contributed by atoms with Crippen molar-refractivity contribution in [2.45, 2.75) is 64.7 Å². The van der Waals surface area contributed by atoms with E-state index in [4.69, 9.17) is 9.47 Å². The van der Waals surface area contributed by atoms with Crippen LogP contribution in [0.1, 0.15) is 52.0 Å². The Balaban J connectivity index is 1.97. The summed E-state index contributed by atoms with van der Waals surface area (Å²) in [5.41, 5.74) is 0.171. The van der Waals surface area contributed by atoms with Crippen LogP contribution in [0.15, 0.2) is 30.3 Å². The molecule has 1 saturated carbocycles. The van der Waals surface area contributed by atoms with Crippen molar-refractivity contribution in [1.29, 1.82) is 0 Å². The molecule has 1 aromatic rings. The zero-order valence-corrected chi connectivity index (χ0v) is 17.9. The van der Waals surface area contributed by atoms with Crippen LogP contribution in [0.5, 0.6) is 0 Å². The third kappa shape index (κ3) is 8.31. The van der Waals surface area contributed by atoms with Gasteiger partial charge in [-0.15, -0.1) is 0 Å². The van der Waals surface area contributed by atoms with Crippen molar-refractivity contribution < 1.29 is 29.0 Å². The van der Waals surface area contributed by atoms with Gasteiger partial charge in [0, 0.05) is 12.6 Å². The van der Waals surface area contributed by atoms with E-state index >= 15 is 0 Å². The van der Waals surface area contributed by atoms with Crippen LogP contribution in [0.3, 0.4) is 0 Å². The summed E-state index contributed by atoms with van der Waals surface area (Å²) < 4.78 is 10.7. The molecule has 0 radical (unpaired) electrons. The van der Waals surface area contributed by atoms with Crippen LogP contribution in [0.25, 0.3) is 0 Å². The van der Waals surface area contributed by atoms with Gasteiger partial charge in [0.2, 0.25) is 0 Å². The summed E-state index contributed by atoms with van der Waals surface area (Å²) in [7, 11) is 0. The van der Waals surface area contributed by atoms with E-state index in [-0.39, 0.29) is 25.1 Å². The number of hydrogen-bond donors (Lipinski definition) is 2. The first-order chi connectivity index (χ1) is 14.1. The molecule has 8 heteroatoms. The van der Waals surface area contributed by atoms with Crippen molar-refractivity contribution in [2.24, 2.45) is 5.92 Å². The number of alkyl carbamates (subject to hydrolysis) is 1. The number of benzene rings is 1. The second-order valence-corrected chi connectivity index (χ2v) is 8.61. The first kappa shape index (κ1) is 23.5. The van der Waals surface area contributed by atoms with Gasteiger partial charge >= 0.3 is 18.2 Å². The van der Waals surface area contributed by atoms with Crippen molar-refractivity contribution >= 4 is 18.2 Å². The molecule has 1 aliphatic rings. The lowest BCUT2D eigenvalue weighted by Gasteiger charge is -2.35. The molecule has 2 rings (SSSR count). The lowest BCUT2D eigenvalue weighted by Crippen LogP contribution is -2.49. The fourth-order valence-electron chi connectivity index (χ4n) is 3.51. The normalized spacial score (nSPS) is 18.9. The molecule has 0 unspecified atom stereocenters. The number of nitrogens with zero attached hydrogens (tertiary/aromatic N) is 1. The monoisotopic (exact) mass is 420 g/mol. The van der Waals surface area contributed by atoms with Crippen LogP contribution in [0.2, 0.25) is 0 Å². The molecule has 2 amide bonds. The van der Waals surface area contributed by atoms with E-state index in [2.05, 4.69) is 5.32 Å². The predicted octanol–water partition coefficient (Wildman–Crippen LogP) is 3.79. The quantitative estimate of drug-likeness (QED) is 0.695. The lowest BCUT2D eigenvalue weighted by atomic mass is 9.84. The number of nitrogens with one attached hydrogen (secondary N) is 1. The Labute approximate surface area is 177 Å². The van der Waals surface area contributed by atoms with Crippen LogP contribution in [-0.4, -0.2) is 52.9 Å². The molecular formula is C22H32N2O6. The highest BCUT2D eigenvalue weighted by Gasteiger charge is 2.32. The number of hydrogen-bond acceptors (Lipinski definition) is 5. The largest absolute Gasteiger partial charge is 0.480 e. The van der Waals surface area contributed by atoms with Gasteiger partial charge < -0.3 is 19.9 Å². The van der Waals surface area contributed by atoms with Gasteiger partial charge in [-0.25, -0.2) is 9.59 Å². The first-order valence-corrected chi connectivity index (χ1v) is 10.3. The maximum atomic E-state index is 12.5. The Morgan fingerprint density at radius 3 is 2.43 bits per heavy atom. The summed E-state index contributed by atoms with van der Waals surface area (Å²) in [4.78, 5) is 37.2. The van der Waals surface area contributed by atoms with Gasteiger partial charge in [-0.05, 0) is 45.1 Å². The highest BCUT2D eigenvalue weighted by molar-refractivity contribution is 5.77. The van der Waals surface area contributed by atoms with Crippen LogP contribution in [-0.2, 0) is 20.9 Å². The molecule has 30 heavy (non-hydrogen) atoms. The standard InChI is InChI=1S/C22H32N2O6/c1-22(2,3)30-21(28)24(14-19(25)26)13-17-11-7-8-12-18(17)23-20(27)29-15-16-9-5-4-6-10-16/h4-6,9-10,17-18H,7-8,11-15H2,1-3H3,(H,23,27)(H,25,26)/t17-,18-/m0/s1. The van der Waals surface area contributed by atoms with E-state index in [1.54, 1.807) is 20.8 Å². The minimum atomic E-state index is -1.11. The van der Waals surface area contributed by atoms with Gasteiger partial charge in [-0.1, -0.05) is 43.2 Å². The average Bonchev–Trinajstić information content (AvgIpc) is 2.66. The molecule has 8 nitrogen and oxygen atoms in total. The highest BCUT2D eigenvalue weighted by Crippen LogP contribution is 2.26. The molecule has 1 fully saturated rings. The first-order valence-electron chi connectivity index (χ1n) is 10.3. The van der Waals surface area contributed by atoms with Crippen molar-refractivity contribution in [3.05, 3.63) is 35.9 Å². The van der Waals surface area contributed by atoms with Gasteiger partial charge in [0.1, 0.15) is 18.8 Å². The van der Waals surface area contributed by atoms with E-state index in [0.717, 1.165) is 31.2 Å². The summed E-state index contributed by atoms with van der Waals surface area (Å²) in [6, 6.07) is 9.20. The zero-order valence-electron chi connectivity index (χ0n) is 17.9. The van der Waals surface area contributed by atoms with E-state index in [9.17, 15) is 19.5 Å².